The summed E-state index contributed by atoms with van der Waals surface area (Å²) in [5, 5.41) is 16.9. The van der Waals surface area contributed by atoms with Gasteiger partial charge in [-0.05, 0) is 37.2 Å². The average molecular weight is 508 g/mol. The topological polar surface area (TPSA) is 215 Å². The molecule has 0 bridgehead atoms. The number of carbonyl (C=O) groups is 4. The first-order chi connectivity index (χ1) is 15.4. The Morgan fingerprint density at radius 3 is 2.06 bits per heavy atom. The molecule has 0 spiro atoms. The number of nitrogens with two attached hydrogens (primary N) is 3. The molecule has 0 saturated carbocycles. The summed E-state index contributed by atoms with van der Waals surface area (Å²) < 4.78 is 0. The van der Waals surface area contributed by atoms with Gasteiger partial charge in [0, 0.05) is 12.3 Å². The van der Waals surface area contributed by atoms with Crippen molar-refractivity contribution in [3.8, 4) is 0 Å². The van der Waals surface area contributed by atoms with Crippen LogP contribution in [0.2, 0.25) is 0 Å². The van der Waals surface area contributed by atoms with Gasteiger partial charge < -0.3 is 38.3 Å². The fourth-order valence-corrected chi connectivity index (χ4v) is 3.40. The van der Waals surface area contributed by atoms with E-state index in [1.54, 1.807) is 13.8 Å². The number of carboxylic acid groups (broad SMARTS) is 1. The second kappa shape index (κ2) is 16.4. The number of thiol groups is 1. The van der Waals surface area contributed by atoms with Crippen molar-refractivity contribution < 1.29 is 24.3 Å². The Morgan fingerprint density at radius 1 is 1.00 bits per heavy atom. The predicted octanol–water partition coefficient (Wildman–Crippen LogP) is -1.75. The van der Waals surface area contributed by atoms with Crippen LogP contribution in [-0.4, -0.2) is 83.2 Å². The lowest BCUT2D eigenvalue weighted by molar-refractivity contribution is -0.143. The third kappa shape index (κ3) is 12.6. The maximum atomic E-state index is 12.7. The first-order valence-electron chi connectivity index (χ1n) is 10.5. The van der Waals surface area contributed by atoms with Crippen LogP contribution in [0.1, 0.15) is 33.1 Å². The summed E-state index contributed by atoms with van der Waals surface area (Å²) in [4.78, 5) is 53.0. The van der Waals surface area contributed by atoms with Crippen molar-refractivity contribution in [1.29, 1.82) is 0 Å². The highest BCUT2D eigenvalue weighted by molar-refractivity contribution is 7.98. The summed E-state index contributed by atoms with van der Waals surface area (Å²) in [5.74, 6) is -2.82. The Kier molecular flexibility index (Phi) is 15.3. The highest BCUT2D eigenvalue weighted by Gasteiger charge is 2.30. The molecule has 0 fully saturated rings. The van der Waals surface area contributed by atoms with Crippen LogP contribution >= 0.6 is 24.4 Å². The molecular formula is C19H37N7O5S2. The number of aliphatic carboxylic acids is 1. The molecule has 0 aliphatic heterocycles. The summed E-state index contributed by atoms with van der Waals surface area (Å²) in [6, 6.07) is -3.98. The highest BCUT2D eigenvalue weighted by atomic mass is 32.2. The minimum absolute atomic E-state index is 0.0289. The normalized spacial score (nSPS) is 14.5. The van der Waals surface area contributed by atoms with E-state index in [0.29, 0.717) is 25.1 Å². The van der Waals surface area contributed by atoms with Gasteiger partial charge in [-0.15, -0.1) is 0 Å². The third-order valence-corrected chi connectivity index (χ3v) is 5.60. The minimum Gasteiger partial charge on any atom is -0.480 e. The number of nitrogens with one attached hydrogen (secondary N) is 3. The molecule has 4 atom stereocenters. The van der Waals surface area contributed by atoms with Crippen molar-refractivity contribution in [3.05, 3.63) is 0 Å². The molecule has 0 rings (SSSR count). The number of amides is 3. The summed E-state index contributed by atoms with van der Waals surface area (Å²) in [5.41, 5.74) is 16.3. The number of hydrogen-bond acceptors (Lipinski definition) is 8. The van der Waals surface area contributed by atoms with E-state index < -0.39 is 47.9 Å². The van der Waals surface area contributed by atoms with Gasteiger partial charge >= 0.3 is 5.97 Å². The van der Waals surface area contributed by atoms with E-state index in [0.717, 1.165) is 0 Å². The lowest BCUT2D eigenvalue weighted by Crippen LogP contribution is -2.58. The quantitative estimate of drug-likeness (QED) is 0.0513. The van der Waals surface area contributed by atoms with Gasteiger partial charge in [0.2, 0.25) is 17.7 Å². The molecule has 0 aromatic heterocycles. The standard InChI is InChI=1S/C19H37N7O5S2/c1-10(2)14(18(30)31)26-16(28)12(6-8-33-3)24-17(29)13(9-32)25-15(27)11(20)5-4-7-23-19(21)22/h10-14,32H,4-9,20H2,1-3H3,(H,24,29)(H,25,27)(H,26,28)(H,30,31)(H4,21,22,23). The number of thioether (sulfide) groups is 1. The molecule has 33 heavy (non-hydrogen) atoms. The summed E-state index contributed by atoms with van der Waals surface area (Å²) in [7, 11) is 0. The number of carbonyl (C=O) groups excluding carboxylic acids is 3. The van der Waals surface area contributed by atoms with E-state index >= 15 is 0 Å². The first kappa shape index (κ1) is 30.8. The number of hydrogen-bond donors (Lipinski definition) is 8. The Labute approximate surface area is 204 Å². The van der Waals surface area contributed by atoms with Crippen LogP contribution < -0.4 is 33.2 Å². The first-order valence-corrected chi connectivity index (χ1v) is 12.5. The Hall–Kier alpha value is -2.19. The molecule has 0 aliphatic rings. The molecule has 0 heterocycles. The lowest BCUT2D eigenvalue weighted by atomic mass is 10.0. The van der Waals surface area contributed by atoms with Crippen LogP contribution in [0.25, 0.3) is 0 Å². The SMILES string of the molecule is CSCCC(NC(=O)C(CS)NC(=O)C(N)CCCN=C(N)N)C(=O)NC(C(=O)O)C(C)C. The predicted molar refractivity (Wildman–Crippen MR) is 133 cm³/mol. The maximum absolute atomic E-state index is 12.7. The van der Waals surface area contributed by atoms with Crippen LogP contribution in [0.15, 0.2) is 4.99 Å². The van der Waals surface area contributed by atoms with Crippen molar-refractivity contribution >= 4 is 54.0 Å². The van der Waals surface area contributed by atoms with E-state index in [4.69, 9.17) is 17.2 Å². The molecule has 14 heteroatoms. The number of rotatable bonds is 16. The molecule has 10 N–H and O–H groups in total. The maximum Gasteiger partial charge on any atom is 0.326 e. The van der Waals surface area contributed by atoms with Gasteiger partial charge in [-0.3, -0.25) is 19.4 Å². The molecule has 0 saturated heterocycles. The van der Waals surface area contributed by atoms with Crippen LogP contribution in [-0.2, 0) is 19.2 Å². The number of guanidine groups is 1. The van der Waals surface area contributed by atoms with E-state index in [9.17, 15) is 24.3 Å². The molecule has 0 aromatic rings. The molecule has 4 unspecified atom stereocenters. The van der Waals surface area contributed by atoms with Crippen LogP contribution in [0.5, 0.6) is 0 Å². The average Bonchev–Trinajstić information content (AvgIpc) is 2.74. The van der Waals surface area contributed by atoms with Crippen molar-refractivity contribution in [1.82, 2.24) is 16.0 Å². The zero-order valence-electron chi connectivity index (χ0n) is 19.2. The van der Waals surface area contributed by atoms with Crippen molar-refractivity contribution in [3.63, 3.8) is 0 Å². The smallest absolute Gasteiger partial charge is 0.326 e. The zero-order chi connectivity index (χ0) is 25.6. The van der Waals surface area contributed by atoms with Crippen molar-refractivity contribution in [2.24, 2.45) is 28.1 Å². The van der Waals surface area contributed by atoms with Crippen molar-refractivity contribution in [2.45, 2.75) is 57.3 Å². The number of nitrogens with zero attached hydrogens (tertiary/aromatic N) is 1. The van der Waals surface area contributed by atoms with Gasteiger partial charge in [0.05, 0.1) is 6.04 Å². The third-order valence-electron chi connectivity index (χ3n) is 4.59. The van der Waals surface area contributed by atoms with Gasteiger partial charge in [-0.1, -0.05) is 13.8 Å². The summed E-state index contributed by atoms with van der Waals surface area (Å²) >= 11 is 5.59. The van der Waals surface area contributed by atoms with Gasteiger partial charge in [-0.2, -0.15) is 24.4 Å². The molecule has 190 valence electrons. The summed E-state index contributed by atoms with van der Waals surface area (Å²) in [6.45, 7) is 3.66. The monoisotopic (exact) mass is 507 g/mol. The zero-order valence-corrected chi connectivity index (χ0v) is 21.0. The van der Waals surface area contributed by atoms with E-state index in [2.05, 4.69) is 33.6 Å². The van der Waals surface area contributed by atoms with Gasteiger partial charge in [0.25, 0.3) is 0 Å². The second-order valence-electron chi connectivity index (χ2n) is 7.71. The van der Waals surface area contributed by atoms with Gasteiger partial charge in [-0.25, -0.2) is 4.79 Å². The molecule has 0 radical (unpaired) electrons. The number of carboxylic acids is 1. The molecular weight excluding hydrogens is 470 g/mol. The molecule has 0 aromatic carbocycles. The molecule has 12 nitrogen and oxygen atoms in total. The van der Waals surface area contributed by atoms with E-state index in [1.165, 1.54) is 11.8 Å². The van der Waals surface area contributed by atoms with Crippen LogP contribution in [0.4, 0.5) is 0 Å². The lowest BCUT2D eigenvalue weighted by Gasteiger charge is -2.25. The van der Waals surface area contributed by atoms with Gasteiger partial charge in [0.15, 0.2) is 5.96 Å². The van der Waals surface area contributed by atoms with Crippen molar-refractivity contribution in [2.75, 3.05) is 24.3 Å². The van der Waals surface area contributed by atoms with E-state index in [1.807, 2.05) is 6.26 Å². The fraction of sp³-hybridized carbons (Fsp3) is 0.737. The summed E-state index contributed by atoms with van der Waals surface area (Å²) in [6.07, 6.45) is 2.90. The fourth-order valence-electron chi connectivity index (χ4n) is 2.67. The van der Waals surface area contributed by atoms with Crippen LogP contribution in [0.3, 0.4) is 0 Å². The highest BCUT2D eigenvalue weighted by Crippen LogP contribution is 2.06. The minimum atomic E-state index is -1.16. The Bertz CT molecular complexity index is 689. The van der Waals surface area contributed by atoms with E-state index in [-0.39, 0.29) is 24.1 Å². The Balaban J connectivity index is 5.08. The van der Waals surface area contributed by atoms with Crippen LogP contribution in [0, 0.1) is 5.92 Å². The largest absolute Gasteiger partial charge is 0.480 e. The van der Waals surface area contributed by atoms with Gasteiger partial charge in [0.1, 0.15) is 18.1 Å². The number of aliphatic imine (C=N–C) groups is 1. The second-order valence-corrected chi connectivity index (χ2v) is 9.06. The Morgan fingerprint density at radius 2 is 1.58 bits per heavy atom. The molecule has 3 amide bonds. The molecule has 0 aliphatic carbocycles.